The van der Waals surface area contributed by atoms with E-state index in [4.69, 9.17) is 5.11 Å². The lowest BCUT2D eigenvalue weighted by Gasteiger charge is -2.06. The molecule has 2 N–H and O–H groups in total. The molecular formula is C15H16N2O3S. The third-order valence-corrected chi connectivity index (χ3v) is 3.86. The topological polar surface area (TPSA) is 79.3 Å². The molecule has 0 aliphatic heterocycles. The number of hydrogen-bond acceptors (Lipinski definition) is 4. The number of carbonyl (C=O) groups excluding carboxylic acids is 1. The highest BCUT2D eigenvalue weighted by atomic mass is 32.1. The lowest BCUT2D eigenvalue weighted by molar-refractivity contribution is -0.136. The summed E-state index contributed by atoms with van der Waals surface area (Å²) in [6.07, 6.45) is 1.23. The zero-order valence-electron chi connectivity index (χ0n) is 11.6. The van der Waals surface area contributed by atoms with Gasteiger partial charge >= 0.3 is 5.97 Å². The Labute approximate surface area is 126 Å². The Kier molecular flexibility index (Phi) is 5.05. The summed E-state index contributed by atoms with van der Waals surface area (Å²) in [5.74, 6) is -1.01. The molecule has 21 heavy (non-hydrogen) atoms. The minimum atomic E-state index is -0.832. The van der Waals surface area contributed by atoms with Gasteiger partial charge in [0.1, 0.15) is 4.88 Å². The van der Waals surface area contributed by atoms with Gasteiger partial charge in [0.05, 0.1) is 11.2 Å². The van der Waals surface area contributed by atoms with Crippen LogP contribution in [-0.2, 0) is 17.6 Å². The first-order valence-corrected chi connectivity index (χ1v) is 7.52. The van der Waals surface area contributed by atoms with Crippen LogP contribution in [0.15, 0.2) is 29.8 Å². The molecule has 0 unspecified atom stereocenters. The van der Waals surface area contributed by atoms with Gasteiger partial charge < -0.3 is 10.4 Å². The van der Waals surface area contributed by atoms with E-state index in [1.807, 2.05) is 13.0 Å². The van der Waals surface area contributed by atoms with Crippen molar-refractivity contribution in [3.05, 3.63) is 45.9 Å². The zero-order valence-corrected chi connectivity index (χ0v) is 12.4. The Bertz CT molecular complexity index is 652. The number of carboxylic acid groups (broad SMARTS) is 1. The van der Waals surface area contributed by atoms with Crippen molar-refractivity contribution in [3.8, 4) is 0 Å². The number of hydrogen-bond donors (Lipinski definition) is 2. The number of aryl methyl sites for hydroxylation is 2. The van der Waals surface area contributed by atoms with Crippen LogP contribution in [0.5, 0.6) is 0 Å². The van der Waals surface area contributed by atoms with Crippen molar-refractivity contribution in [3.63, 3.8) is 0 Å². The van der Waals surface area contributed by atoms with Crippen LogP contribution in [0.2, 0.25) is 0 Å². The fraction of sp³-hybridized carbons (Fsp3) is 0.267. The molecule has 0 aliphatic rings. The lowest BCUT2D eigenvalue weighted by Crippen LogP contribution is -2.12. The molecule has 0 fully saturated rings. The van der Waals surface area contributed by atoms with Crippen molar-refractivity contribution in [1.82, 2.24) is 4.98 Å². The summed E-state index contributed by atoms with van der Waals surface area (Å²) in [6, 6.07) is 7.24. The van der Waals surface area contributed by atoms with Crippen LogP contribution < -0.4 is 5.32 Å². The average molecular weight is 304 g/mol. The van der Waals surface area contributed by atoms with E-state index in [1.165, 1.54) is 11.3 Å². The molecule has 1 heterocycles. The van der Waals surface area contributed by atoms with Crippen molar-refractivity contribution in [2.75, 3.05) is 5.32 Å². The van der Waals surface area contributed by atoms with Crippen molar-refractivity contribution < 1.29 is 14.7 Å². The largest absolute Gasteiger partial charge is 0.481 e. The summed E-state index contributed by atoms with van der Waals surface area (Å²) in [5.41, 5.74) is 4.00. The molecule has 0 spiro atoms. The highest BCUT2D eigenvalue weighted by molar-refractivity contribution is 7.12. The van der Waals surface area contributed by atoms with Crippen molar-refractivity contribution in [2.45, 2.75) is 26.2 Å². The first-order chi connectivity index (χ1) is 10.1. The van der Waals surface area contributed by atoms with Gasteiger partial charge in [-0.05, 0) is 30.5 Å². The van der Waals surface area contributed by atoms with Crippen molar-refractivity contribution in [1.29, 1.82) is 0 Å². The van der Waals surface area contributed by atoms with Crippen LogP contribution >= 0.6 is 11.3 Å². The van der Waals surface area contributed by atoms with E-state index < -0.39 is 5.97 Å². The number of benzene rings is 1. The summed E-state index contributed by atoms with van der Waals surface area (Å²) in [4.78, 5) is 27.6. The molecule has 0 atom stereocenters. The van der Waals surface area contributed by atoms with Gasteiger partial charge in [-0.1, -0.05) is 19.1 Å². The van der Waals surface area contributed by atoms with Gasteiger partial charge in [0, 0.05) is 12.1 Å². The molecule has 6 heteroatoms. The summed E-state index contributed by atoms with van der Waals surface area (Å²) in [5, 5.41) is 11.5. The zero-order chi connectivity index (χ0) is 15.2. The molecule has 1 amide bonds. The van der Waals surface area contributed by atoms with Gasteiger partial charge in [-0.25, -0.2) is 4.98 Å². The third kappa shape index (κ3) is 4.13. The normalized spacial score (nSPS) is 10.3. The molecule has 0 saturated carbocycles. The Hall–Kier alpha value is -2.21. The fourth-order valence-electron chi connectivity index (χ4n) is 1.95. The van der Waals surface area contributed by atoms with E-state index >= 15 is 0 Å². The maximum absolute atomic E-state index is 12.2. The van der Waals surface area contributed by atoms with Crippen LogP contribution in [-0.4, -0.2) is 22.0 Å². The molecule has 2 aromatic rings. The van der Waals surface area contributed by atoms with E-state index in [0.29, 0.717) is 23.4 Å². The number of aromatic nitrogens is 1. The number of amides is 1. The van der Waals surface area contributed by atoms with Gasteiger partial charge in [-0.3, -0.25) is 9.59 Å². The predicted octanol–water partition coefficient (Wildman–Crippen LogP) is 2.98. The minimum Gasteiger partial charge on any atom is -0.481 e. The standard InChI is InChI=1S/C15H16N2O3S/c1-2-12-14(21-9-16-12)15(20)17-11-5-3-4-10(8-11)6-7-13(18)19/h3-5,8-9H,2,6-7H2,1H3,(H,17,20)(H,18,19). The SMILES string of the molecule is CCc1ncsc1C(=O)Nc1cccc(CCC(=O)O)c1. The predicted molar refractivity (Wildman–Crippen MR) is 81.8 cm³/mol. The molecule has 0 bridgehead atoms. The van der Waals surface area contributed by atoms with E-state index in [9.17, 15) is 9.59 Å². The quantitative estimate of drug-likeness (QED) is 0.860. The molecule has 1 aromatic heterocycles. The van der Waals surface area contributed by atoms with E-state index in [1.54, 1.807) is 23.7 Å². The second kappa shape index (κ2) is 6.99. The van der Waals surface area contributed by atoms with Gasteiger partial charge in [0.2, 0.25) is 0 Å². The average Bonchev–Trinajstić information content (AvgIpc) is 2.94. The Morgan fingerprint density at radius 2 is 2.19 bits per heavy atom. The molecule has 0 aliphatic carbocycles. The maximum Gasteiger partial charge on any atom is 0.303 e. The molecular weight excluding hydrogens is 288 g/mol. The summed E-state index contributed by atoms with van der Waals surface area (Å²) in [6.45, 7) is 1.96. The van der Waals surface area contributed by atoms with Crippen LogP contribution in [0.4, 0.5) is 5.69 Å². The summed E-state index contributed by atoms with van der Waals surface area (Å²) < 4.78 is 0. The number of carboxylic acids is 1. The monoisotopic (exact) mass is 304 g/mol. The minimum absolute atomic E-state index is 0.0756. The highest BCUT2D eigenvalue weighted by Crippen LogP contribution is 2.18. The maximum atomic E-state index is 12.2. The van der Waals surface area contributed by atoms with Crippen LogP contribution in [0.25, 0.3) is 0 Å². The van der Waals surface area contributed by atoms with Gasteiger partial charge in [-0.15, -0.1) is 11.3 Å². The molecule has 0 radical (unpaired) electrons. The first kappa shape index (κ1) is 15.2. The molecule has 110 valence electrons. The van der Waals surface area contributed by atoms with Gasteiger partial charge in [0.25, 0.3) is 5.91 Å². The number of nitrogens with zero attached hydrogens (tertiary/aromatic N) is 1. The molecule has 1 aromatic carbocycles. The van der Waals surface area contributed by atoms with Crippen LogP contribution in [0.3, 0.4) is 0 Å². The molecule has 0 saturated heterocycles. The van der Waals surface area contributed by atoms with E-state index in [-0.39, 0.29) is 12.3 Å². The smallest absolute Gasteiger partial charge is 0.303 e. The van der Waals surface area contributed by atoms with Gasteiger partial charge in [0.15, 0.2) is 0 Å². The second-order valence-corrected chi connectivity index (χ2v) is 5.38. The lowest BCUT2D eigenvalue weighted by atomic mass is 10.1. The number of rotatable bonds is 6. The molecule has 2 rings (SSSR count). The summed E-state index contributed by atoms with van der Waals surface area (Å²) in [7, 11) is 0. The van der Waals surface area contributed by atoms with Crippen LogP contribution in [0, 0.1) is 0 Å². The Morgan fingerprint density at radius 1 is 1.38 bits per heavy atom. The second-order valence-electron chi connectivity index (χ2n) is 4.53. The number of carbonyl (C=O) groups is 2. The number of anilines is 1. The Morgan fingerprint density at radius 3 is 2.90 bits per heavy atom. The number of aliphatic carboxylic acids is 1. The Balaban J connectivity index is 2.07. The number of nitrogens with one attached hydrogen (secondary N) is 1. The number of thiazole rings is 1. The molecule has 5 nitrogen and oxygen atoms in total. The third-order valence-electron chi connectivity index (χ3n) is 2.99. The van der Waals surface area contributed by atoms with E-state index in [0.717, 1.165) is 11.3 Å². The van der Waals surface area contributed by atoms with Crippen molar-refractivity contribution >= 4 is 28.9 Å². The first-order valence-electron chi connectivity index (χ1n) is 6.64. The summed E-state index contributed by atoms with van der Waals surface area (Å²) >= 11 is 1.32. The van der Waals surface area contributed by atoms with E-state index in [2.05, 4.69) is 10.3 Å². The van der Waals surface area contributed by atoms with Crippen LogP contribution in [0.1, 0.15) is 34.3 Å². The van der Waals surface area contributed by atoms with Crippen molar-refractivity contribution in [2.24, 2.45) is 0 Å². The fourth-order valence-corrected chi connectivity index (χ4v) is 2.73. The van der Waals surface area contributed by atoms with Gasteiger partial charge in [-0.2, -0.15) is 0 Å². The highest BCUT2D eigenvalue weighted by Gasteiger charge is 2.13.